The molecule has 0 atom stereocenters. The largest absolute Gasteiger partial charge is 0.372 e. The van der Waals surface area contributed by atoms with Gasteiger partial charge >= 0.3 is 6.03 Å². The molecule has 1 fully saturated rings. The monoisotopic (exact) mass is 380 g/mol. The normalized spacial score (nSPS) is 14.1. The number of carbonyl (C=O) groups excluding carboxylic acids is 1. The molecule has 1 saturated heterocycles. The quantitative estimate of drug-likeness (QED) is 0.827. The van der Waals surface area contributed by atoms with E-state index in [1.807, 2.05) is 17.0 Å². The van der Waals surface area contributed by atoms with Gasteiger partial charge in [-0.1, -0.05) is 24.3 Å². The molecule has 5 heteroatoms. The van der Waals surface area contributed by atoms with E-state index in [2.05, 4.69) is 72.3 Å². The van der Waals surface area contributed by atoms with E-state index in [9.17, 15) is 4.79 Å². The van der Waals surface area contributed by atoms with Crippen molar-refractivity contribution in [3.8, 4) is 0 Å². The summed E-state index contributed by atoms with van der Waals surface area (Å²) in [6.07, 6.45) is 0. The van der Waals surface area contributed by atoms with Gasteiger partial charge in [-0.25, -0.2) is 4.79 Å². The molecular formula is C23H32N4O. The number of amides is 2. The Hall–Kier alpha value is -2.69. The van der Waals surface area contributed by atoms with E-state index >= 15 is 0 Å². The van der Waals surface area contributed by atoms with Gasteiger partial charge < -0.3 is 20.0 Å². The predicted octanol–water partition coefficient (Wildman–Crippen LogP) is 3.87. The standard InChI is InChI=1S/C23H32N4O/c1-4-25(5-2)21-10-12-22(13-11-21)26-14-16-27(17-15-26)23(28)24-18-20-9-7-6-8-19(20)3/h6-13H,4-5,14-18H2,1-3H3,(H,24,28). The molecule has 150 valence electrons. The average Bonchev–Trinajstić information content (AvgIpc) is 2.74. The van der Waals surface area contributed by atoms with Crippen molar-refractivity contribution in [3.63, 3.8) is 0 Å². The Morgan fingerprint density at radius 1 is 0.964 bits per heavy atom. The fourth-order valence-corrected chi connectivity index (χ4v) is 3.72. The summed E-state index contributed by atoms with van der Waals surface area (Å²) < 4.78 is 0. The third-order valence-electron chi connectivity index (χ3n) is 5.60. The molecule has 0 radical (unpaired) electrons. The van der Waals surface area contributed by atoms with Gasteiger partial charge in [-0.2, -0.15) is 0 Å². The Labute approximate surface area is 168 Å². The Bertz CT molecular complexity index is 762. The maximum Gasteiger partial charge on any atom is 0.317 e. The molecular weight excluding hydrogens is 348 g/mol. The Kier molecular flexibility index (Phi) is 6.80. The average molecular weight is 381 g/mol. The summed E-state index contributed by atoms with van der Waals surface area (Å²) in [5.74, 6) is 0. The van der Waals surface area contributed by atoms with E-state index in [0.717, 1.165) is 39.3 Å². The van der Waals surface area contributed by atoms with E-state index in [0.29, 0.717) is 6.54 Å². The van der Waals surface area contributed by atoms with Crippen LogP contribution >= 0.6 is 0 Å². The molecule has 2 aromatic carbocycles. The SMILES string of the molecule is CCN(CC)c1ccc(N2CCN(C(=O)NCc3ccccc3C)CC2)cc1. The Balaban J connectivity index is 1.50. The second-order valence-corrected chi connectivity index (χ2v) is 7.25. The maximum absolute atomic E-state index is 12.5. The van der Waals surface area contributed by atoms with E-state index in [4.69, 9.17) is 0 Å². The second-order valence-electron chi connectivity index (χ2n) is 7.25. The number of hydrogen-bond acceptors (Lipinski definition) is 3. The summed E-state index contributed by atoms with van der Waals surface area (Å²) in [6, 6.07) is 17.0. The number of aryl methyl sites for hydroxylation is 1. The summed E-state index contributed by atoms with van der Waals surface area (Å²) in [6.45, 7) is 12.3. The summed E-state index contributed by atoms with van der Waals surface area (Å²) in [4.78, 5) is 19.1. The summed E-state index contributed by atoms with van der Waals surface area (Å²) in [7, 11) is 0. The van der Waals surface area contributed by atoms with Gasteiger partial charge in [0, 0.05) is 57.2 Å². The maximum atomic E-state index is 12.5. The van der Waals surface area contributed by atoms with E-state index in [1.165, 1.54) is 22.5 Å². The van der Waals surface area contributed by atoms with Crippen molar-refractivity contribution in [2.75, 3.05) is 49.1 Å². The van der Waals surface area contributed by atoms with Crippen molar-refractivity contribution in [3.05, 3.63) is 59.7 Å². The van der Waals surface area contributed by atoms with E-state index in [-0.39, 0.29) is 6.03 Å². The van der Waals surface area contributed by atoms with Crippen LogP contribution in [-0.2, 0) is 6.54 Å². The minimum Gasteiger partial charge on any atom is -0.372 e. The number of carbonyl (C=O) groups is 1. The highest BCUT2D eigenvalue weighted by Crippen LogP contribution is 2.22. The van der Waals surface area contributed by atoms with Crippen LogP contribution in [0.2, 0.25) is 0 Å². The molecule has 2 amide bonds. The van der Waals surface area contributed by atoms with Crippen LogP contribution in [0, 0.1) is 6.92 Å². The zero-order valence-electron chi connectivity index (χ0n) is 17.3. The molecule has 1 aliphatic rings. The molecule has 0 aromatic heterocycles. The van der Waals surface area contributed by atoms with Crippen molar-refractivity contribution in [1.29, 1.82) is 0 Å². The van der Waals surface area contributed by atoms with Crippen LogP contribution in [0.5, 0.6) is 0 Å². The van der Waals surface area contributed by atoms with Gasteiger partial charge in [0.2, 0.25) is 0 Å². The van der Waals surface area contributed by atoms with Crippen molar-refractivity contribution in [2.45, 2.75) is 27.3 Å². The van der Waals surface area contributed by atoms with Crippen LogP contribution in [0.3, 0.4) is 0 Å². The molecule has 1 heterocycles. The topological polar surface area (TPSA) is 38.8 Å². The molecule has 0 spiro atoms. The lowest BCUT2D eigenvalue weighted by molar-refractivity contribution is 0.194. The number of nitrogens with one attached hydrogen (secondary N) is 1. The number of urea groups is 1. The number of anilines is 2. The van der Waals surface area contributed by atoms with Crippen molar-refractivity contribution in [2.24, 2.45) is 0 Å². The summed E-state index contributed by atoms with van der Waals surface area (Å²) in [5, 5.41) is 3.06. The van der Waals surface area contributed by atoms with Gasteiger partial charge in [0.05, 0.1) is 0 Å². The summed E-state index contributed by atoms with van der Waals surface area (Å²) in [5.41, 5.74) is 4.88. The lowest BCUT2D eigenvalue weighted by atomic mass is 10.1. The van der Waals surface area contributed by atoms with Gasteiger partial charge in [-0.3, -0.25) is 0 Å². The fraction of sp³-hybridized carbons (Fsp3) is 0.435. The van der Waals surface area contributed by atoms with Crippen molar-refractivity contribution < 1.29 is 4.79 Å². The number of benzene rings is 2. The van der Waals surface area contributed by atoms with E-state index < -0.39 is 0 Å². The molecule has 0 saturated carbocycles. The van der Waals surface area contributed by atoms with Crippen LogP contribution in [0.4, 0.5) is 16.2 Å². The number of piperazine rings is 1. The van der Waals surface area contributed by atoms with Gasteiger partial charge in [-0.05, 0) is 56.2 Å². The van der Waals surface area contributed by atoms with Gasteiger partial charge in [0.1, 0.15) is 0 Å². The minimum atomic E-state index is 0.0276. The van der Waals surface area contributed by atoms with Crippen molar-refractivity contribution >= 4 is 17.4 Å². The first-order valence-electron chi connectivity index (χ1n) is 10.3. The third kappa shape index (κ3) is 4.77. The number of nitrogens with zero attached hydrogens (tertiary/aromatic N) is 3. The molecule has 0 unspecified atom stereocenters. The second kappa shape index (κ2) is 9.49. The first kappa shape index (κ1) is 20.1. The molecule has 3 rings (SSSR count). The van der Waals surface area contributed by atoms with E-state index in [1.54, 1.807) is 0 Å². The minimum absolute atomic E-state index is 0.0276. The van der Waals surface area contributed by atoms with Gasteiger partial charge in [-0.15, -0.1) is 0 Å². The van der Waals surface area contributed by atoms with Crippen LogP contribution in [-0.4, -0.2) is 50.2 Å². The van der Waals surface area contributed by atoms with Crippen molar-refractivity contribution in [1.82, 2.24) is 10.2 Å². The molecule has 1 N–H and O–H groups in total. The zero-order valence-corrected chi connectivity index (χ0v) is 17.3. The lowest BCUT2D eigenvalue weighted by Crippen LogP contribution is -2.51. The highest BCUT2D eigenvalue weighted by Gasteiger charge is 2.21. The summed E-state index contributed by atoms with van der Waals surface area (Å²) >= 11 is 0. The number of rotatable bonds is 6. The van der Waals surface area contributed by atoms with Crippen LogP contribution in [0.1, 0.15) is 25.0 Å². The molecule has 28 heavy (non-hydrogen) atoms. The Morgan fingerprint density at radius 3 is 2.21 bits per heavy atom. The third-order valence-corrected chi connectivity index (χ3v) is 5.60. The predicted molar refractivity (Wildman–Crippen MR) is 117 cm³/mol. The van der Waals surface area contributed by atoms with Gasteiger partial charge in [0.15, 0.2) is 0 Å². The highest BCUT2D eigenvalue weighted by molar-refractivity contribution is 5.74. The van der Waals surface area contributed by atoms with Crippen LogP contribution in [0.25, 0.3) is 0 Å². The Morgan fingerprint density at radius 2 is 1.61 bits per heavy atom. The molecule has 1 aliphatic heterocycles. The zero-order chi connectivity index (χ0) is 19.9. The first-order valence-corrected chi connectivity index (χ1v) is 10.3. The number of hydrogen-bond donors (Lipinski definition) is 1. The lowest BCUT2D eigenvalue weighted by Gasteiger charge is -2.36. The van der Waals surface area contributed by atoms with Gasteiger partial charge in [0.25, 0.3) is 0 Å². The van der Waals surface area contributed by atoms with Crippen LogP contribution in [0.15, 0.2) is 48.5 Å². The molecule has 0 bridgehead atoms. The highest BCUT2D eigenvalue weighted by atomic mass is 16.2. The smallest absolute Gasteiger partial charge is 0.317 e. The van der Waals surface area contributed by atoms with Crippen LogP contribution < -0.4 is 15.1 Å². The molecule has 5 nitrogen and oxygen atoms in total. The molecule has 0 aliphatic carbocycles. The fourth-order valence-electron chi connectivity index (χ4n) is 3.72. The first-order chi connectivity index (χ1) is 13.6. The molecule has 2 aromatic rings.